The van der Waals surface area contributed by atoms with Gasteiger partial charge in [-0.15, -0.1) is 0 Å². The lowest BCUT2D eigenvalue weighted by molar-refractivity contribution is 0.282. The Labute approximate surface area is 164 Å². The van der Waals surface area contributed by atoms with Crippen LogP contribution in [-0.4, -0.2) is 9.67 Å². The molecule has 3 rings (SSSR count). The minimum Gasteiger partial charge on any atom is -0.392 e. The van der Waals surface area contributed by atoms with Crippen molar-refractivity contribution >= 4 is 21.8 Å². The molecule has 0 saturated heterocycles. The molecule has 0 radical (unpaired) electrons. The maximum absolute atomic E-state index is 9.47. The molecule has 0 amide bonds. The van der Waals surface area contributed by atoms with Crippen LogP contribution in [0.5, 0.6) is 0 Å². The van der Waals surface area contributed by atoms with Crippen LogP contribution in [0.15, 0.2) is 42.5 Å². The van der Waals surface area contributed by atoms with Crippen molar-refractivity contribution in [2.24, 2.45) is 0 Å². The highest BCUT2D eigenvalue weighted by molar-refractivity contribution is 6.08. The number of para-hydroxylation sites is 1. The van der Waals surface area contributed by atoms with E-state index in [1.807, 2.05) is 0 Å². The first-order valence-corrected chi connectivity index (χ1v) is 11.0. The maximum atomic E-state index is 9.47. The second-order valence-corrected chi connectivity index (χ2v) is 7.86. The molecule has 0 saturated carbocycles. The van der Waals surface area contributed by atoms with Crippen LogP contribution in [0.4, 0.5) is 0 Å². The molecule has 0 spiro atoms. The van der Waals surface area contributed by atoms with Crippen LogP contribution in [-0.2, 0) is 13.2 Å². The Morgan fingerprint density at radius 2 is 1.33 bits per heavy atom. The van der Waals surface area contributed by atoms with Crippen molar-refractivity contribution in [3.63, 3.8) is 0 Å². The van der Waals surface area contributed by atoms with E-state index in [4.69, 9.17) is 0 Å². The molecule has 1 N–H and O–H groups in total. The number of rotatable bonds is 12. The van der Waals surface area contributed by atoms with Gasteiger partial charge in [-0.3, -0.25) is 0 Å². The van der Waals surface area contributed by atoms with Gasteiger partial charge < -0.3 is 9.67 Å². The summed E-state index contributed by atoms with van der Waals surface area (Å²) in [6, 6.07) is 15.0. The minimum atomic E-state index is 0.105. The highest BCUT2D eigenvalue weighted by Gasteiger charge is 2.10. The Morgan fingerprint density at radius 3 is 2.04 bits per heavy atom. The number of unbranched alkanes of at least 4 members (excludes halogenated alkanes) is 9. The van der Waals surface area contributed by atoms with E-state index in [0.717, 1.165) is 12.1 Å². The molecule has 2 aromatic carbocycles. The van der Waals surface area contributed by atoms with Crippen molar-refractivity contribution < 1.29 is 5.11 Å². The Morgan fingerprint density at radius 1 is 0.704 bits per heavy atom. The predicted octanol–water partition coefficient (Wildman–Crippen LogP) is 7.21. The van der Waals surface area contributed by atoms with Crippen LogP contribution >= 0.6 is 0 Å². The number of nitrogens with zero attached hydrogens (tertiary/aromatic N) is 1. The third-order valence-electron chi connectivity index (χ3n) is 5.75. The molecule has 2 nitrogen and oxygen atoms in total. The normalized spacial score (nSPS) is 11.6. The van der Waals surface area contributed by atoms with Crippen molar-refractivity contribution in [2.75, 3.05) is 0 Å². The fraction of sp³-hybridized carbons (Fsp3) is 0.520. The van der Waals surface area contributed by atoms with Crippen molar-refractivity contribution in [1.82, 2.24) is 4.57 Å². The predicted molar refractivity (Wildman–Crippen MR) is 117 cm³/mol. The van der Waals surface area contributed by atoms with E-state index in [1.54, 1.807) is 0 Å². The number of aryl methyl sites for hydroxylation is 1. The van der Waals surface area contributed by atoms with Gasteiger partial charge in [0.05, 0.1) is 6.61 Å². The van der Waals surface area contributed by atoms with Gasteiger partial charge in [0.15, 0.2) is 0 Å². The van der Waals surface area contributed by atoms with Gasteiger partial charge in [0.1, 0.15) is 0 Å². The van der Waals surface area contributed by atoms with Crippen molar-refractivity contribution in [3.05, 3.63) is 48.0 Å². The Bertz CT molecular complexity index is 833. The van der Waals surface area contributed by atoms with E-state index in [2.05, 4.69) is 54.0 Å². The van der Waals surface area contributed by atoms with Crippen LogP contribution in [0.1, 0.15) is 76.7 Å². The lowest BCUT2D eigenvalue weighted by atomic mass is 10.1. The second-order valence-electron chi connectivity index (χ2n) is 7.86. The van der Waals surface area contributed by atoms with Gasteiger partial charge in [0.2, 0.25) is 0 Å². The quantitative estimate of drug-likeness (QED) is 0.337. The van der Waals surface area contributed by atoms with Crippen LogP contribution in [0.25, 0.3) is 21.8 Å². The number of hydrogen-bond donors (Lipinski definition) is 1. The minimum absolute atomic E-state index is 0.105. The van der Waals surface area contributed by atoms with Gasteiger partial charge in [0, 0.05) is 28.4 Å². The van der Waals surface area contributed by atoms with E-state index in [9.17, 15) is 5.11 Å². The first-order chi connectivity index (χ1) is 13.3. The first kappa shape index (κ1) is 19.9. The van der Waals surface area contributed by atoms with Crippen LogP contribution in [0, 0.1) is 0 Å². The van der Waals surface area contributed by atoms with Gasteiger partial charge in [-0.2, -0.15) is 0 Å². The summed E-state index contributed by atoms with van der Waals surface area (Å²) in [6.07, 6.45) is 13.7. The number of benzene rings is 2. The van der Waals surface area contributed by atoms with Crippen molar-refractivity contribution in [1.29, 1.82) is 0 Å². The Balaban J connectivity index is 1.54. The monoisotopic (exact) mass is 365 g/mol. The lowest BCUT2D eigenvalue weighted by Crippen LogP contribution is -1.98. The SMILES string of the molecule is CCCCCCCCCCCCn1c2ccccc2c2cc(CO)ccc21. The summed E-state index contributed by atoms with van der Waals surface area (Å²) in [5.74, 6) is 0. The zero-order valence-electron chi connectivity index (χ0n) is 16.9. The highest BCUT2D eigenvalue weighted by Crippen LogP contribution is 2.30. The molecule has 0 aliphatic carbocycles. The van der Waals surface area contributed by atoms with E-state index in [-0.39, 0.29) is 6.61 Å². The second kappa shape index (κ2) is 10.5. The maximum Gasteiger partial charge on any atom is 0.0682 e. The first-order valence-electron chi connectivity index (χ1n) is 11.0. The number of aliphatic hydroxyl groups is 1. The molecule has 0 aliphatic rings. The smallest absolute Gasteiger partial charge is 0.0682 e. The number of aromatic nitrogens is 1. The summed E-state index contributed by atoms with van der Waals surface area (Å²) >= 11 is 0. The van der Waals surface area contributed by atoms with Crippen molar-refractivity contribution in [2.45, 2.75) is 84.3 Å². The van der Waals surface area contributed by atoms with Crippen LogP contribution in [0.3, 0.4) is 0 Å². The average molecular weight is 366 g/mol. The number of fused-ring (bicyclic) bond motifs is 3. The molecule has 1 heterocycles. The molecule has 0 atom stereocenters. The highest BCUT2D eigenvalue weighted by atomic mass is 16.3. The molecule has 2 heteroatoms. The summed E-state index contributed by atoms with van der Waals surface area (Å²) in [7, 11) is 0. The third-order valence-corrected chi connectivity index (χ3v) is 5.75. The van der Waals surface area contributed by atoms with E-state index < -0.39 is 0 Å². The molecule has 3 aromatic rings. The van der Waals surface area contributed by atoms with Crippen LogP contribution in [0.2, 0.25) is 0 Å². The van der Waals surface area contributed by atoms with Gasteiger partial charge in [-0.1, -0.05) is 89.0 Å². The van der Waals surface area contributed by atoms with E-state index in [0.29, 0.717) is 0 Å². The fourth-order valence-electron chi connectivity index (χ4n) is 4.20. The number of aliphatic hydroxyl groups excluding tert-OH is 1. The molecular formula is C25H35NO. The molecule has 0 bridgehead atoms. The third kappa shape index (κ3) is 5.13. The fourth-order valence-corrected chi connectivity index (χ4v) is 4.20. The van der Waals surface area contributed by atoms with E-state index >= 15 is 0 Å². The Kier molecular flexibility index (Phi) is 7.77. The summed E-state index contributed by atoms with van der Waals surface area (Å²) in [4.78, 5) is 0. The zero-order valence-corrected chi connectivity index (χ0v) is 16.9. The average Bonchev–Trinajstić information content (AvgIpc) is 3.02. The molecule has 0 unspecified atom stereocenters. The van der Waals surface area contributed by atoms with Gasteiger partial charge in [-0.25, -0.2) is 0 Å². The summed E-state index contributed by atoms with van der Waals surface area (Å²) < 4.78 is 2.47. The molecule has 0 fully saturated rings. The van der Waals surface area contributed by atoms with E-state index in [1.165, 1.54) is 86.0 Å². The zero-order chi connectivity index (χ0) is 18.9. The number of hydrogen-bond acceptors (Lipinski definition) is 1. The molecular weight excluding hydrogens is 330 g/mol. The molecule has 27 heavy (non-hydrogen) atoms. The molecule has 1 aromatic heterocycles. The Hall–Kier alpha value is -1.80. The summed E-state index contributed by atoms with van der Waals surface area (Å²) in [5.41, 5.74) is 3.60. The van der Waals surface area contributed by atoms with Gasteiger partial charge in [0.25, 0.3) is 0 Å². The van der Waals surface area contributed by atoms with Crippen LogP contribution < -0.4 is 0 Å². The van der Waals surface area contributed by atoms with Crippen molar-refractivity contribution in [3.8, 4) is 0 Å². The molecule has 0 aliphatic heterocycles. The summed E-state index contributed by atoms with van der Waals surface area (Å²) in [6.45, 7) is 3.47. The van der Waals surface area contributed by atoms with Gasteiger partial charge >= 0.3 is 0 Å². The topological polar surface area (TPSA) is 25.2 Å². The molecule has 146 valence electrons. The largest absolute Gasteiger partial charge is 0.392 e. The summed E-state index contributed by atoms with van der Waals surface area (Å²) in [5, 5.41) is 12.0. The van der Waals surface area contributed by atoms with Gasteiger partial charge in [-0.05, 0) is 30.2 Å². The lowest BCUT2D eigenvalue weighted by Gasteiger charge is -2.08. The standard InChI is InChI=1S/C25H35NO/c1-2-3-4-5-6-7-8-9-10-13-18-26-24-15-12-11-14-22(24)23-19-21(20-27)16-17-25(23)26/h11-12,14-17,19,27H,2-10,13,18,20H2,1H3.